The average Bonchev–Trinajstić information content (AvgIpc) is 3.11. The summed E-state index contributed by atoms with van der Waals surface area (Å²) in [5, 5.41) is 0. The van der Waals surface area contributed by atoms with Crippen LogP contribution in [-0.4, -0.2) is 41.0 Å². The van der Waals surface area contributed by atoms with Gasteiger partial charge >= 0.3 is 19.8 Å². The van der Waals surface area contributed by atoms with E-state index in [2.05, 4.69) is 54.8 Å². The van der Waals surface area contributed by atoms with Crippen LogP contribution in [0.5, 0.6) is 0 Å². The van der Waals surface area contributed by atoms with Crippen LogP contribution in [-0.2, 0) is 28.2 Å². The van der Waals surface area contributed by atoms with Gasteiger partial charge in [-0.1, -0.05) is 179 Å². The molecule has 0 radical (unpaired) electrons. The second-order valence-electron chi connectivity index (χ2n) is 14.3. The summed E-state index contributed by atoms with van der Waals surface area (Å²) in [5.74, 6) is -0.903. The van der Waals surface area contributed by atoms with Gasteiger partial charge in [0.25, 0.3) is 0 Å². The number of phosphoric acid groups is 1. The number of unbranched alkanes of at least 4 members (excludes halogenated alkanes) is 23. The third-order valence-corrected chi connectivity index (χ3v) is 9.65. The Labute approximate surface area is 319 Å². The SMILES string of the molecule is CCCCC/C=C\C/C=C\C/C=C\CCCCCCC(=O)O[C@H](COC(=O)CCCCCCCCCCCCCCCCCCC)COP(=O)(O)O. The topological polar surface area (TPSA) is 119 Å². The number of hydrogen-bond acceptors (Lipinski definition) is 6. The van der Waals surface area contributed by atoms with Crippen LogP contribution in [0.3, 0.4) is 0 Å². The summed E-state index contributed by atoms with van der Waals surface area (Å²) in [7, 11) is -4.76. The van der Waals surface area contributed by atoms with Gasteiger partial charge in [0.05, 0.1) is 6.61 Å². The summed E-state index contributed by atoms with van der Waals surface area (Å²) in [4.78, 5) is 42.8. The molecule has 0 bridgehead atoms. The smallest absolute Gasteiger partial charge is 0.462 e. The molecule has 0 aliphatic heterocycles. The van der Waals surface area contributed by atoms with Crippen LogP contribution in [0, 0.1) is 0 Å². The summed E-state index contributed by atoms with van der Waals surface area (Å²) in [6, 6.07) is 0. The van der Waals surface area contributed by atoms with Crippen molar-refractivity contribution in [2.24, 2.45) is 0 Å². The van der Waals surface area contributed by atoms with Gasteiger partial charge in [-0.15, -0.1) is 0 Å². The Balaban J connectivity index is 3.94. The summed E-state index contributed by atoms with van der Waals surface area (Å²) >= 11 is 0. The Morgan fingerprint density at radius 3 is 1.33 bits per heavy atom. The lowest BCUT2D eigenvalue weighted by molar-refractivity contribution is -0.161. The molecular formula is C43H79O8P. The van der Waals surface area contributed by atoms with Crippen molar-refractivity contribution < 1.29 is 37.9 Å². The minimum Gasteiger partial charge on any atom is -0.462 e. The first-order valence-corrected chi connectivity index (χ1v) is 22.8. The molecule has 0 spiro atoms. The molecule has 0 saturated heterocycles. The number of esters is 2. The lowest BCUT2D eigenvalue weighted by Gasteiger charge is -2.18. The maximum Gasteiger partial charge on any atom is 0.469 e. The largest absolute Gasteiger partial charge is 0.469 e. The number of ether oxygens (including phenoxy) is 2. The van der Waals surface area contributed by atoms with Crippen molar-refractivity contribution in [2.45, 2.75) is 213 Å². The van der Waals surface area contributed by atoms with Gasteiger partial charge in [-0.3, -0.25) is 14.1 Å². The molecule has 1 atom stereocenters. The van der Waals surface area contributed by atoms with Crippen LogP contribution >= 0.6 is 7.82 Å². The Bertz CT molecular complexity index is 941. The number of carbonyl (C=O) groups is 2. The summed E-state index contributed by atoms with van der Waals surface area (Å²) in [6.45, 7) is 3.65. The second-order valence-corrected chi connectivity index (χ2v) is 15.6. The molecule has 0 rings (SSSR count). The fourth-order valence-electron chi connectivity index (χ4n) is 5.97. The minimum absolute atomic E-state index is 0.188. The number of allylic oxidation sites excluding steroid dienone is 6. The molecule has 8 nitrogen and oxygen atoms in total. The first-order chi connectivity index (χ1) is 25.3. The van der Waals surface area contributed by atoms with E-state index in [0.717, 1.165) is 57.8 Å². The van der Waals surface area contributed by atoms with Crippen molar-refractivity contribution in [3.63, 3.8) is 0 Å². The van der Waals surface area contributed by atoms with E-state index in [9.17, 15) is 14.2 Å². The standard InChI is InChI=1S/C43H79O8P/c1-3-5-7-9-11-13-15-17-19-21-23-25-27-29-31-33-35-37-42(44)49-39-41(40-50-52(46,47)48)51-43(45)38-36-34-32-30-28-26-24-22-20-18-16-14-12-10-8-6-4-2/h12,14,18,20,24,26,41H,3-11,13,15-17,19,21-23,25,27-40H2,1-2H3,(H2,46,47,48)/b14-12-,20-18-,26-24-/t41-/m1/s1. The van der Waals surface area contributed by atoms with Crippen molar-refractivity contribution in [1.82, 2.24) is 0 Å². The Hall–Kier alpha value is -1.73. The third-order valence-electron chi connectivity index (χ3n) is 9.16. The number of carbonyl (C=O) groups excluding carboxylic acids is 2. The van der Waals surface area contributed by atoms with Gasteiger partial charge in [0.1, 0.15) is 6.61 Å². The molecule has 0 unspecified atom stereocenters. The van der Waals surface area contributed by atoms with E-state index in [4.69, 9.17) is 19.3 Å². The second kappa shape index (κ2) is 39.0. The summed E-state index contributed by atoms with van der Waals surface area (Å²) in [6.07, 6.45) is 45.8. The first kappa shape index (κ1) is 50.3. The molecule has 2 N–H and O–H groups in total. The predicted molar refractivity (Wildman–Crippen MR) is 216 cm³/mol. The van der Waals surface area contributed by atoms with E-state index in [1.165, 1.54) is 116 Å². The zero-order valence-corrected chi connectivity index (χ0v) is 34.4. The molecule has 52 heavy (non-hydrogen) atoms. The van der Waals surface area contributed by atoms with E-state index >= 15 is 0 Å². The highest BCUT2D eigenvalue weighted by molar-refractivity contribution is 7.46. The molecule has 0 saturated carbocycles. The van der Waals surface area contributed by atoms with E-state index < -0.39 is 32.5 Å². The van der Waals surface area contributed by atoms with Crippen LogP contribution in [0.2, 0.25) is 0 Å². The quantitative estimate of drug-likeness (QED) is 0.0275. The highest BCUT2D eigenvalue weighted by Gasteiger charge is 2.22. The maximum atomic E-state index is 12.4. The number of hydrogen-bond donors (Lipinski definition) is 2. The van der Waals surface area contributed by atoms with Crippen molar-refractivity contribution in [3.8, 4) is 0 Å². The molecular weight excluding hydrogens is 675 g/mol. The van der Waals surface area contributed by atoms with Gasteiger partial charge < -0.3 is 19.3 Å². The Morgan fingerprint density at radius 2 is 0.865 bits per heavy atom. The first-order valence-electron chi connectivity index (χ1n) is 21.3. The fourth-order valence-corrected chi connectivity index (χ4v) is 6.33. The zero-order chi connectivity index (χ0) is 38.2. The summed E-state index contributed by atoms with van der Waals surface area (Å²) in [5.41, 5.74) is 0. The van der Waals surface area contributed by atoms with Crippen LogP contribution in [0.25, 0.3) is 0 Å². The van der Waals surface area contributed by atoms with E-state index in [-0.39, 0.29) is 19.4 Å². The van der Waals surface area contributed by atoms with E-state index in [1.54, 1.807) is 0 Å². The zero-order valence-electron chi connectivity index (χ0n) is 33.5. The molecule has 0 fully saturated rings. The van der Waals surface area contributed by atoms with Gasteiger partial charge in [-0.05, 0) is 51.4 Å². The lowest BCUT2D eigenvalue weighted by Crippen LogP contribution is -2.29. The third kappa shape index (κ3) is 41.0. The van der Waals surface area contributed by atoms with E-state index in [0.29, 0.717) is 6.42 Å². The van der Waals surface area contributed by atoms with Crippen molar-refractivity contribution >= 4 is 19.8 Å². The van der Waals surface area contributed by atoms with Crippen LogP contribution in [0.4, 0.5) is 0 Å². The van der Waals surface area contributed by atoms with Gasteiger partial charge in [-0.25, -0.2) is 4.57 Å². The molecule has 0 aromatic rings. The van der Waals surface area contributed by atoms with Crippen molar-refractivity contribution in [2.75, 3.05) is 13.2 Å². The van der Waals surface area contributed by atoms with Gasteiger partial charge in [0.15, 0.2) is 6.10 Å². The van der Waals surface area contributed by atoms with Gasteiger partial charge in [0, 0.05) is 12.8 Å². The number of rotatable bonds is 39. The summed E-state index contributed by atoms with van der Waals surface area (Å²) < 4.78 is 26.4. The average molecular weight is 755 g/mol. The fraction of sp³-hybridized carbons (Fsp3) is 0.814. The predicted octanol–water partition coefficient (Wildman–Crippen LogP) is 13.0. The molecule has 0 aliphatic rings. The molecule has 0 aromatic heterocycles. The van der Waals surface area contributed by atoms with Crippen LogP contribution in [0.15, 0.2) is 36.5 Å². The molecule has 0 heterocycles. The minimum atomic E-state index is -4.76. The monoisotopic (exact) mass is 755 g/mol. The highest BCUT2D eigenvalue weighted by Crippen LogP contribution is 2.36. The highest BCUT2D eigenvalue weighted by atomic mass is 31.2. The Kier molecular flexibility index (Phi) is 37.7. The molecule has 0 amide bonds. The normalized spacial score (nSPS) is 12.8. The maximum absolute atomic E-state index is 12.4. The Morgan fingerprint density at radius 1 is 0.500 bits per heavy atom. The van der Waals surface area contributed by atoms with Crippen LogP contribution in [0.1, 0.15) is 206 Å². The molecule has 0 aromatic carbocycles. The van der Waals surface area contributed by atoms with E-state index in [1.807, 2.05) is 0 Å². The van der Waals surface area contributed by atoms with Crippen molar-refractivity contribution in [1.29, 1.82) is 0 Å². The van der Waals surface area contributed by atoms with Gasteiger partial charge in [0.2, 0.25) is 0 Å². The molecule has 9 heteroatoms. The number of phosphoric ester groups is 1. The molecule has 304 valence electrons. The van der Waals surface area contributed by atoms with Crippen molar-refractivity contribution in [3.05, 3.63) is 36.5 Å². The van der Waals surface area contributed by atoms with Crippen LogP contribution < -0.4 is 0 Å². The molecule has 0 aliphatic carbocycles. The lowest BCUT2D eigenvalue weighted by atomic mass is 10.0. The van der Waals surface area contributed by atoms with Gasteiger partial charge in [-0.2, -0.15) is 0 Å².